The lowest BCUT2D eigenvalue weighted by Gasteiger charge is -2.57. The van der Waals surface area contributed by atoms with E-state index in [9.17, 15) is 9.59 Å². The fourth-order valence-corrected chi connectivity index (χ4v) is 7.67. The molecule has 5 fully saturated rings. The number of piperidine rings is 1. The van der Waals surface area contributed by atoms with Crippen molar-refractivity contribution >= 4 is 6.03 Å². The van der Waals surface area contributed by atoms with E-state index >= 15 is 0 Å². The molecule has 6 bridgehead atoms. The highest BCUT2D eigenvalue weighted by Crippen LogP contribution is 2.55. The average Bonchev–Trinajstić information content (AvgIpc) is 2.59. The Kier molecular flexibility index (Phi) is 3.37. The van der Waals surface area contributed by atoms with Crippen LogP contribution < -0.4 is 10.9 Å². The summed E-state index contributed by atoms with van der Waals surface area (Å²) in [5.74, 6) is 2.99. The molecule has 3 heterocycles. The molecule has 7 rings (SSSR count). The van der Waals surface area contributed by atoms with E-state index in [0.29, 0.717) is 12.5 Å². The molecule has 0 aromatic carbocycles. The second-order valence-electron chi connectivity index (χ2n) is 10.2. The Balaban J connectivity index is 1.22. The maximum absolute atomic E-state index is 13.2. The van der Waals surface area contributed by atoms with Gasteiger partial charge in [-0.25, -0.2) is 4.79 Å². The smallest absolute Gasteiger partial charge is 0.317 e. The minimum absolute atomic E-state index is 0.0626. The van der Waals surface area contributed by atoms with Gasteiger partial charge in [-0.2, -0.15) is 0 Å². The Morgan fingerprint density at radius 1 is 0.963 bits per heavy atom. The summed E-state index contributed by atoms with van der Waals surface area (Å²) in [4.78, 5) is 27.6. The van der Waals surface area contributed by atoms with Gasteiger partial charge in [-0.1, -0.05) is 6.07 Å². The van der Waals surface area contributed by atoms with Gasteiger partial charge in [0.05, 0.1) is 6.04 Å². The quantitative estimate of drug-likeness (QED) is 0.830. The third-order valence-corrected chi connectivity index (χ3v) is 8.15. The lowest BCUT2D eigenvalue weighted by molar-refractivity contribution is -0.0171. The lowest BCUT2D eigenvalue weighted by atomic mass is 9.53. The molecule has 4 aliphatic carbocycles. The number of amides is 2. The van der Waals surface area contributed by atoms with Crippen LogP contribution in [0.15, 0.2) is 23.0 Å². The zero-order valence-electron chi connectivity index (χ0n) is 15.9. The Hall–Kier alpha value is -1.78. The molecule has 0 spiro atoms. The van der Waals surface area contributed by atoms with Crippen LogP contribution in [0.1, 0.15) is 56.7 Å². The summed E-state index contributed by atoms with van der Waals surface area (Å²) < 4.78 is 1.95. The highest BCUT2D eigenvalue weighted by atomic mass is 16.2. The first-order valence-electron chi connectivity index (χ1n) is 10.8. The molecule has 0 radical (unpaired) electrons. The SMILES string of the molecule is O=C(NC12CC3CC(CC(C3)C1)C2)N1C[C@@H]2Cc3cccc(=O)n3[C@@H](C2)C1. The second-order valence-corrected chi connectivity index (χ2v) is 10.2. The third-order valence-electron chi connectivity index (χ3n) is 8.15. The third kappa shape index (κ3) is 2.57. The molecule has 0 unspecified atom stereocenters. The summed E-state index contributed by atoms with van der Waals surface area (Å²) in [5.41, 5.74) is 1.29. The van der Waals surface area contributed by atoms with Gasteiger partial charge in [0.15, 0.2) is 0 Å². The molecule has 4 saturated carbocycles. The fraction of sp³-hybridized carbons (Fsp3) is 0.727. The van der Waals surface area contributed by atoms with E-state index in [1.165, 1.54) is 38.5 Å². The summed E-state index contributed by atoms with van der Waals surface area (Å²) in [6, 6.07) is 5.86. The van der Waals surface area contributed by atoms with Crippen molar-refractivity contribution in [3.63, 3.8) is 0 Å². The molecule has 27 heavy (non-hydrogen) atoms. The number of nitrogens with one attached hydrogen (secondary N) is 1. The molecule has 2 amide bonds. The highest BCUT2D eigenvalue weighted by molar-refractivity contribution is 5.75. The average molecular weight is 367 g/mol. The topological polar surface area (TPSA) is 54.3 Å². The van der Waals surface area contributed by atoms with Gasteiger partial charge in [-0.05, 0) is 81.1 Å². The van der Waals surface area contributed by atoms with Gasteiger partial charge < -0.3 is 14.8 Å². The molecule has 6 aliphatic rings. The normalized spacial score (nSPS) is 41.3. The Morgan fingerprint density at radius 2 is 1.67 bits per heavy atom. The van der Waals surface area contributed by atoms with E-state index in [1.807, 2.05) is 15.5 Å². The van der Waals surface area contributed by atoms with Crippen molar-refractivity contribution in [2.75, 3.05) is 13.1 Å². The number of nitrogens with zero attached hydrogens (tertiary/aromatic N) is 2. The zero-order valence-corrected chi connectivity index (χ0v) is 15.9. The van der Waals surface area contributed by atoms with Crippen molar-refractivity contribution in [3.05, 3.63) is 34.2 Å². The van der Waals surface area contributed by atoms with Crippen molar-refractivity contribution in [1.82, 2.24) is 14.8 Å². The number of hydrogen-bond acceptors (Lipinski definition) is 2. The first-order valence-corrected chi connectivity index (χ1v) is 10.8. The Morgan fingerprint density at radius 3 is 2.37 bits per heavy atom. The van der Waals surface area contributed by atoms with Crippen LogP contribution in [0, 0.1) is 23.7 Å². The molecule has 1 aromatic rings. The minimum Gasteiger partial charge on any atom is -0.333 e. The van der Waals surface area contributed by atoms with Crippen molar-refractivity contribution < 1.29 is 4.79 Å². The summed E-state index contributed by atoms with van der Waals surface area (Å²) in [6.45, 7) is 1.50. The molecule has 5 heteroatoms. The van der Waals surface area contributed by atoms with Gasteiger partial charge in [0.2, 0.25) is 0 Å². The van der Waals surface area contributed by atoms with Gasteiger partial charge in [0.25, 0.3) is 5.56 Å². The summed E-state index contributed by atoms with van der Waals surface area (Å²) in [5, 5.41) is 3.52. The van der Waals surface area contributed by atoms with Crippen LogP contribution in [0.4, 0.5) is 4.79 Å². The van der Waals surface area contributed by atoms with Crippen LogP contribution in [0.25, 0.3) is 0 Å². The molecular weight excluding hydrogens is 338 g/mol. The zero-order chi connectivity index (χ0) is 18.2. The molecular formula is C22H29N3O2. The van der Waals surface area contributed by atoms with Crippen molar-refractivity contribution in [2.45, 2.75) is 62.9 Å². The first kappa shape index (κ1) is 16.2. The van der Waals surface area contributed by atoms with Crippen molar-refractivity contribution in [1.29, 1.82) is 0 Å². The van der Waals surface area contributed by atoms with E-state index in [4.69, 9.17) is 0 Å². The van der Waals surface area contributed by atoms with E-state index in [2.05, 4.69) is 11.4 Å². The van der Waals surface area contributed by atoms with Gasteiger partial charge in [-0.15, -0.1) is 0 Å². The number of carbonyl (C=O) groups is 1. The maximum Gasteiger partial charge on any atom is 0.317 e. The predicted molar refractivity (Wildman–Crippen MR) is 103 cm³/mol. The van der Waals surface area contributed by atoms with E-state index in [-0.39, 0.29) is 23.2 Å². The number of rotatable bonds is 1. The van der Waals surface area contributed by atoms with Gasteiger partial charge in [0.1, 0.15) is 0 Å². The van der Waals surface area contributed by atoms with Gasteiger partial charge >= 0.3 is 6.03 Å². The van der Waals surface area contributed by atoms with E-state index in [1.54, 1.807) is 6.07 Å². The van der Waals surface area contributed by atoms with E-state index < -0.39 is 0 Å². The maximum atomic E-state index is 13.2. The van der Waals surface area contributed by atoms with Crippen LogP contribution in [0.2, 0.25) is 0 Å². The first-order chi connectivity index (χ1) is 13.1. The Labute approximate surface area is 160 Å². The van der Waals surface area contributed by atoms with Crippen LogP contribution >= 0.6 is 0 Å². The summed E-state index contributed by atoms with van der Waals surface area (Å²) in [6.07, 6.45) is 9.68. The molecule has 1 aromatic heterocycles. The molecule has 1 N–H and O–H groups in total. The number of urea groups is 1. The molecule has 2 aliphatic heterocycles. The predicted octanol–water partition coefficient (Wildman–Crippen LogP) is 2.95. The molecule has 1 saturated heterocycles. The van der Waals surface area contributed by atoms with Crippen molar-refractivity contribution in [3.8, 4) is 0 Å². The number of aromatic nitrogens is 1. The van der Waals surface area contributed by atoms with Crippen LogP contribution in [0.5, 0.6) is 0 Å². The van der Waals surface area contributed by atoms with Crippen LogP contribution in [-0.4, -0.2) is 34.1 Å². The largest absolute Gasteiger partial charge is 0.333 e. The monoisotopic (exact) mass is 367 g/mol. The number of pyridine rings is 1. The second kappa shape index (κ2) is 5.62. The van der Waals surface area contributed by atoms with Gasteiger partial charge in [0, 0.05) is 30.4 Å². The number of likely N-dealkylation sites (tertiary alicyclic amines) is 1. The molecule has 144 valence electrons. The van der Waals surface area contributed by atoms with Crippen LogP contribution in [0.3, 0.4) is 0 Å². The summed E-state index contributed by atoms with van der Waals surface area (Å²) in [7, 11) is 0. The minimum atomic E-state index is 0.0626. The Bertz CT molecular complexity index is 809. The van der Waals surface area contributed by atoms with Gasteiger partial charge in [-0.3, -0.25) is 4.79 Å². The number of carbonyl (C=O) groups excluding carboxylic acids is 1. The molecule has 2 atom stereocenters. The van der Waals surface area contributed by atoms with E-state index in [0.717, 1.165) is 42.8 Å². The fourth-order valence-electron chi connectivity index (χ4n) is 7.67. The molecule has 5 nitrogen and oxygen atoms in total. The summed E-state index contributed by atoms with van der Waals surface area (Å²) >= 11 is 0. The van der Waals surface area contributed by atoms with Crippen LogP contribution in [-0.2, 0) is 6.42 Å². The van der Waals surface area contributed by atoms with Crippen molar-refractivity contribution in [2.24, 2.45) is 23.7 Å². The standard InChI is InChI=1S/C22H29N3O2/c26-20-3-1-2-18-7-17-8-19(25(18)20)13-24(12-17)21(27)23-22-9-14-4-15(10-22)6-16(5-14)11-22/h1-3,14-17,19H,4-13H2,(H,23,27)/t14?,15?,16?,17-,19+,22?/m1/s1. The lowest BCUT2D eigenvalue weighted by Crippen LogP contribution is -2.63. The highest BCUT2D eigenvalue weighted by Gasteiger charge is 2.52. The number of fused-ring (bicyclic) bond motifs is 4. The number of hydrogen-bond donors (Lipinski definition) is 1.